The van der Waals surface area contributed by atoms with Crippen LogP contribution in [-0.4, -0.2) is 22.9 Å². The van der Waals surface area contributed by atoms with Crippen molar-refractivity contribution >= 4 is 23.5 Å². The fourth-order valence-corrected chi connectivity index (χ4v) is 1.97. The summed E-state index contributed by atoms with van der Waals surface area (Å²) in [5, 5.41) is 4.25. The summed E-state index contributed by atoms with van der Waals surface area (Å²) in [4.78, 5) is 22.8. The molecule has 1 atom stereocenters. The van der Waals surface area contributed by atoms with Gasteiger partial charge in [-0.1, -0.05) is 20.8 Å². The monoisotopic (exact) mass is 262 g/mol. The average molecular weight is 263 g/mol. The molecule has 0 aliphatic heterocycles. The lowest BCUT2D eigenvalue weighted by Crippen LogP contribution is -2.52. The number of hydrogen-bond acceptors (Lipinski definition) is 2. The van der Waals surface area contributed by atoms with Gasteiger partial charge in [0.1, 0.15) is 5.38 Å². The summed E-state index contributed by atoms with van der Waals surface area (Å²) in [6.45, 7) is 11.7. The molecule has 0 aromatic carbocycles. The van der Waals surface area contributed by atoms with Gasteiger partial charge in [-0.05, 0) is 32.6 Å². The number of carbonyl (C=O) groups excluding carboxylic acids is 2. The van der Waals surface area contributed by atoms with Crippen molar-refractivity contribution in [2.75, 3.05) is 0 Å². The first-order chi connectivity index (χ1) is 7.43. The van der Waals surface area contributed by atoms with Crippen LogP contribution in [0.3, 0.4) is 0 Å². The fraction of sp³-hybridized carbons (Fsp3) is 0.833. The van der Waals surface area contributed by atoms with Crippen LogP contribution >= 0.6 is 11.6 Å². The predicted molar refractivity (Wildman–Crippen MR) is 70.1 cm³/mol. The lowest BCUT2D eigenvalue weighted by atomic mass is 9.82. The van der Waals surface area contributed by atoms with Crippen molar-refractivity contribution in [1.82, 2.24) is 10.6 Å². The van der Waals surface area contributed by atoms with Crippen LogP contribution in [0.2, 0.25) is 0 Å². The molecule has 0 fully saturated rings. The molecule has 1 unspecified atom stereocenters. The Kier molecular flexibility index (Phi) is 5.46. The van der Waals surface area contributed by atoms with E-state index in [4.69, 9.17) is 11.6 Å². The van der Waals surface area contributed by atoms with E-state index in [-0.39, 0.29) is 11.0 Å². The number of hydrogen-bond donors (Lipinski definition) is 2. The Bertz CT molecular complexity index is 293. The summed E-state index contributed by atoms with van der Waals surface area (Å²) < 4.78 is 0. The molecule has 0 aromatic heterocycles. The molecule has 17 heavy (non-hydrogen) atoms. The first-order valence-corrected chi connectivity index (χ1v) is 6.14. The lowest BCUT2D eigenvalue weighted by Gasteiger charge is -2.33. The molecule has 5 heteroatoms. The van der Waals surface area contributed by atoms with Crippen LogP contribution in [0, 0.1) is 5.41 Å². The second-order valence-electron chi connectivity index (χ2n) is 6.18. The Labute approximate surface area is 108 Å². The highest BCUT2D eigenvalue weighted by Crippen LogP contribution is 2.26. The Morgan fingerprint density at radius 3 is 2.00 bits per heavy atom. The SMILES string of the molecule is CC(Cl)C(=O)NC(=O)NC(C)(C)CC(C)(C)C. The molecule has 0 bridgehead atoms. The quantitative estimate of drug-likeness (QED) is 0.769. The molecule has 0 saturated heterocycles. The summed E-state index contributed by atoms with van der Waals surface area (Å²) in [6.07, 6.45) is 0.804. The summed E-state index contributed by atoms with van der Waals surface area (Å²) >= 11 is 5.56. The van der Waals surface area contributed by atoms with Crippen LogP contribution in [0.25, 0.3) is 0 Å². The number of imide groups is 1. The van der Waals surface area contributed by atoms with Crippen molar-refractivity contribution in [3.63, 3.8) is 0 Å². The second kappa shape index (κ2) is 5.71. The number of rotatable bonds is 3. The molecule has 0 radical (unpaired) electrons. The summed E-state index contributed by atoms with van der Waals surface area (Å²) in [5.41, 5.74) is -0.279. The minimum Gasteiger partial charge on any atom is -0.333 e. The number of carbonyl (C=O) groups is 2. The molecule has 100 valence electrons. The zero-order valence-electron chi connectivity index (χ0n) is 11.5. The van der Waals surface area contributed by atoms with Gasteiger partial charge in [-0.2, -0.15) is 0 Å². The van der Waals surface area contributed by atoms with E-state index in [0.29, 0.717) is 0 Å². The van der Waals surface area contributed by atoms with Gasteiger partial charge >= 0.3 is 6.03 Å². The number of nitrogens with one attached hydrogen (secondary N) is 2. The van der Waals surface area contributed by atoms with E-state index in [0.717, 1.165) is 6.42 Å². The molecule has 0 spiro atoms. The number of alkyl halides is 1. The van der Waals surface area contributed by atoms with Crippen molar-refractivity contribution in [3.05, 3.63) is 0 Å². The van der Waals surface area contributed by atoms with Crippen molar-refractivity contribution in [3.8, 4) is 0 Å². The smallest absolute Gasteiger partial charge is 0.321 e. The molecule has 0 saturated carbocycles. The van der Waals surface area contributed by atoms with Gasteiger partial charge in [0.2, 0.25) is 5.91 Å². The van der Waals surface area contributed by atoms with Gasteiger partial charge < -0.3 is 5.32 Å². The summed E-state index contributed by atoms with van der Waals surface area (Å²) in [6, 6.07) is -0.503. The van der Waals surface area contributed by atoms with Crippen molar-refractivity contribution in [1.29, 1.82) is 0 Å². The van der Waals surface area contributed by atoms with Crippen LogP contribution in [0.1, 0.15) is 48.0 Å². The standard InChI is InChI=1S/C12H23ClN2O2/c1-8(13)9(16)14-10(17)15-12(5,6)7-11(2,3)4/h8H,7H2,1-6H3,(H2,14,15,16,17). The summed E-state index contributed by atoms with van der Waals surface area (Å²) in [5.74, 6) is -0.490. The van der Waals surface area contributed by atoms with Crippen molar-refractivity contribution in [2.45, 2.75) is 58.9 Å². The molecule has 0 rings (SSSR count). The van der Waals surface area contributed by atoms with Crippen LogP contribution in [0.15, 0.2) is 0 Å². The van der Waals surface area contributed by atoms with Crippen LogP contribution in [-0.2, 0) is 4.79 Å². The molecule has 0 aliphatic carbocycles. The molecule has 2 N–H and O–H groups in total. The molecule has 0 aliphatic rings. The maximum absolute atomic E-state index is 11.6. The number of halogens is 1. The van der Waals surface area contributed by atoms with E-state index in [2.05, 4.69) is 31.4 Å². The topological polar surface area (TPSA) is 58.2 Å². The van der Waals surface area contributed by atoms with E-state index < -0.39 is 17.3 Å². The Balaban J connectivity index is 4.33. The molecule has 0 aromatic rings. The van der Waals surface area contributed by atoms with Crippen molar-refractivity contribution in [2.24, 2.45) is 5.41 Å². The van der Waals surface area contributed by atoms with E-state index in [1.165, 1.54) is 6.92 Å². The predicted octanol–water partition coefficient (Wildman–Crippen LogP) is 2.65. The number of amides is 3. The normalized spacial score (nSPS) is 14.1. The third-order valence-electron chi connectivity index (χ3n) is 2.02. The van der Waals surface area contributed by atoms with Gasteiger partial charge in [0.05, 0.1) is 0 Å². The van der Waals surface area contributed by atoms with E-state index in [9.17, 15) is 9.59 Å². The average Bonchev–Trinajstić information content (AvgIpc) is 1.96. The highest BCUT2D eigenvalue weighted by molar-refractivity contribution is 6.31. The zero-order chi connectivity index (χ0) is 13.9. The van der Waals surface area contributed by atoms with Gasteiger partial charge in [-0.25, -0.2) is 4.79 Å². The molecule has 0 heterocycles. The molecule has 4 nitrogen and oxygen atoms in total. The van der Waals surface area contributed by atoms with Gasteiger partial charge in [-0.3, -0.25) is 10.1 Å². The molecule has 3 amide bonds. The second-order valence-corrected chi connectivity index (χ2v) is 6.84. The van der Waals surface area contributed by atoms with Gasteiger partial charge in [0.25, 0.3) is 0 Å². The summed E-state index contributed by atoms with van der Waals surface area (Å²) in [7, 11) is 0. The van der Waals surface area contributed by atoms with Crippen LogP contribution < -0.4 is 10.6 Å². The van der Waals surface area contributed by atoms with E-state index in [1.807, 2.05) is 13.8 Å². The molecular weight excluding hydrogens is 240 g/mol. The lowest BCUT2D eigenvalue weighted by molar-refractivity contribution is -0.119. The highest BCUT2D eigenvalue weighted by Gasteiger charge is 2.27. The van der Waals surface area contributed by atoms with Crippen LogP contribution in [0.4, 0.5) is 4.79 Å². The fourth-order valence-electron chi connectivity index (χ4n) is 1.92. The van der Waals surface area contributed by atoms with E-state index >= 15 is 0 Å². The van der Waals surface area contributed by atoms with Crippen LogP contribution in [0.5, 0.6) is 0 Å². The van der Waals surface area contributed by atoms with E-state index in [1.54, 1.807) is 0 Å². The maximum Gasteiger partial charge on any atom is 0.321 e. The minimum absolute atomic E-state index is 0.0978. The maximum atomic E-state index is 11.6. The van der Waals surface area contributed by atoms with Gasteiger partial charge in [0, 0.05) is 5.54 Å². The largest absolute Gasteiger partial charge is 0.333 e. The minimum atomic E-state index is -0.716. The third-order valence-corrected chi connectivity index (χ3v) is 2.22. The Hall–Kier alpha value is -0.770. The first-order valence-electron chi connectivity index (χ1n) is 5.70. The highest BCUT2D eigenvalue weighted by atomic mass is 35.5. The first kappa shape index (κ1) is 16.2. The third kappa shape index (κ3) is 8.02. The van der Waals surface area contributed by atoms with Crippen molar-refractivity contribution < 1.29 is 9.59 Å². The van der Waals surface area contributed by atoms with Gasteiger partial charge in [0.15, 0.2) is 0 Å². The zero-order valence-corrected chi connectivity index (χ0v) is 12.2. The number of urea groups is 1. The van der Waals surface area contributed by atoms with Gasteiger partial charge in [-0.15, -0.1) is 11.6 Å². The molecular formula is C12H23ClN2O2. The Morgan fingerprint density at radius 2 is 1.65 bits per heavy atom. The Morgan fingerprint density at radius 1 is 1.18 bits per heavy atom.